The zero-order valence-electron chi connectivity index (χ0n) is 14.7. The van der Waals surface area contributed by atoms with Crippen molar-refractivity contribution in [2.45, 2.75) is 12.8 Å². The second kappa shape index (κ2) is 7.39. The smallest absolute Gasteiger partial charge is 0.306 e. The van der Waals surface area contributed by atoms with Gasteiger partial charge >= 0.3 is 5.97 Å². The quantitative estimate of drug-likeness (QED) is 0.363. The molecule has 0 radical (unpaired) electrons. The van der Waals surface area contributed by atoms with Crippen molar-refractivity contribution in [1.82, 2.24) is 0 Å². The zero-order chi connectivity index (χ0) is 20.4. The van der Waals surface area contributed by atoms with Gasteiger partial charge in [0, 0.05) is 34.9 Å². The number of carbonyl (C=O) groups excluding carboxylic acids is 4. The van der Waals surface area contributed by atoms with Crippen molar-refractivity contribution < 1.29 is 28.8 Å². The maximum atomic E-state index is 12.5. The maximum Gasteiger partial charge on any atom is 0.306 e. The van der Waals surface area contributed by atoms with Crippen LogP contribution in [-0.2, 0) is 14.3 Å². The van der Waals surface area contributed by atoms with E-state index in [1.165, 1.54) is 43.5 Å². The first-order chi connectivity index (χ1) is 13.3. The number of nitrogens with one attached hydrogen (secondary N) is 1. The summed E-state index contributed by atoms with van der Waals surface area (Å²) in [6, 6.07) is 8.19. The van der Waals surface area contributed by atoms with Crippen LogP contribution in [0.5, 0.6) is 0 Å². The van der Waals surface area contributed by atoms with Gasteiger partial charge in [0.25, 0.3) is 5.69 Å². The molecule has 0 aliphatic heterocycles. The van der Waals surface area contributed by atoms with Crippen LogP contribution in [0.4, 0.5) is 11.4 Å². The Bertz CT molecular complexity index is 1040. The summed E-state index contributed by atoms with van der Waals surface area (Å²) in [4.78, 5) is 58.6. The number of esters is 1. The second-order valence-corrected chi connectivity index (χ2v) is 6.00. The number of nitrogens with zero attached hydrogens (tertiary/aromatic N) is 1. The Morgan fingerprint density at radius 2 is 1.75 bits per heavy atom. The summed E-state index contributed by atoms with van der Waals surface area (Å²) >= 11 is 0. The number of amides is 1. The van der Waals surface area contributed by atoms with Gasteiger partial charge in [0.05, 0.1) is 24.0 Å². The Balaban J connectivity index is 1.97. The number of nitro benzene ring substituents is 1. The van der Waals surface area contributed by atoms with Crippen molar-refractivity contribution in [1.29, 1.82) is 0 Å². The molecule has 0 fully saturated rings. The molecule has 1 aliphatic rings. The second-order valence-electron chi connectivity index (χ2n) is 6.00. The third-order valence-electron chi connectivity index (χ3n) is 4.29. The van der Waals surface area contributed by atoms with Crippen LogP contribution >= 0.6 is 0 Å². The SMILES string of the molecule is COC(=O)CCC(=O)Nc1ccc2c(c1)C(=O)C(=O)c1cccc([N+](=O)[O-])c1-2. The molecule has 0 bridgehead atoms. The lowest BCUT2D eigenvalue weighted by Crippen LogP contribution is -2.22. The predicted molar refractivity (Wildman–Crippen MR) is 97.1 cm³/mol. The molecule has 0 heterocycles. The number of ether oxygens (including phenoxy) is 1. The fourth-order valence-corrected chi connectivity index (χ4v) is 2.98. The molecule has 2 aromatic rings. The highest BCUT2D eigenvalue weighted by molar-refractivity contribution is 6.53. The largest absolute Gasteiger partial charge is 0.469 e. The van der Waals surface area contributed by atoms with Crippen molar-refractivity contribution in [3.05, 3.63) is 57.6 Å². The summed E-state index contributed by atoms with van der Waals surface area (Å²) in [5, 5.41) is 13.9. The highest BCUT2D eigenvalue weighted by Crippen LogP contribution is 2.40. The highest BCUT2D eigenvalue weighted by Gasteiger charge is 2.35. The Morgan fingerprint density at radius 3 is 2.43 bits per heavy atom. The Hall–Kier alpha value is -3.88. The third kappa shape index (κ3) is 3.37. The van der Waals surface area contributed by atoms with Gasteiger partial charge in [0.2, 0.25) is 17.5 Å². The minimum absolute atomic E-state index is 0.0263. The molecule has 0 saturated heterocycles. The lowest BCUT2D eigenvalue weighted by atomic mass is 9.83. The fraction of sp³-hybridized carbons (Fsp3) is 0.158. The molecular weight excluding hydrogens is 368 g/mol. The first-order valence-corrected chi connectivity index (χ1v) is 8.21. The van der Waals surface area contributed by atoms with E-state index in [1.54, 1.807) is 0 Å². The van der Waals surface area contributed by atoms with Gasteiger partial charge in [-0.05, 0) is 18.2 Å². The van der Waals surface area contributed by atoms with Gasteiger partial charge in [-0.25, -0.2) is 0 Å². The van der Waals surface area contributed by atoms with E-state index in [2.05, 4.69) is 10.1 Å². The molecule has 1 N–H and O–H groups in total. The Labute approximate surface area is 158 Å². The van der Waals surface area contributed by atoms with Crippen LogP contribution in [0.3, 0.4) is 0 Å². The standard InChI is InChI=1S/C19H14N2O7/c1-28-16(23)8-7-15(22)20-10-5-6-11-13(9-10)19(25)18(24)12-3-2-4-14(17(11)12)21(26)27/h2-6,9H,7-8H2,1H3,(H,20,22). The predicted octanol–water partition coefficient (Wildman–Crippen LogP) is 2.53. The number of anilines is 1. The number of nitro groups is 1. The topological polar surface area (TPSA) is 133 Å². The van der Waals surface area contributed by atoms with Crippen molar-refractivity contribution in [2.75, 3.05) is 12.4 Å². The number of benzene rings is 2. The van der Waals surface area contributed by atoms with Gasteiger partial charge in [-0.3, -0.25) is 29.3 Å². The Morgan fingerprint density at radius 1 is 1.04 bits per heavy atom. The minimum Gasteiger partial charge on any atom is -0.469 e. The first-order valence-electron chi connectivity index (χ1n) is 8.21. The number of methoxy groups -OCH3 is 1. The van der Waals surface area contributed by atoms with Crippen LogP contribution in [0.25, 0.3) is 11.1 Å². The van der Waals surface area contributed by atoms with Gasteiger partial charge in [0.1, 0.15) is 0 Å². The van der Waals surface area contributed by atoms with Crippen molar-refractivity contribution in [3.8, 4) is 11.1 Å². The lowest BCUT2D eigenvalue weighted by Gasteiger charge is -2.18. The van der Waals surface area contributed by atoms with Gasteiger partial charge < -0.3 is 10.1 Å². The number of fused-ring (bicyclic) bond motifs is 3. The molecule has 1 amide bonds. The van der Waals surface area contributed by atoms with Crippen LogP contribution in [0.1, 0.15) is 33.6 Å². The number of hydrogen-bond acceptors (Lipinski definition) is 7. The number of Topliss-reactive ketones (excluding diaryl/α,β-unsaturated/α-hetero) is 2. The number of carbonyl (C=O) groups is 4. The molecule has 3 rings (SSSR count). The van der Waals surface area contributed by atoms with E-state index in [9.17, 15) is 29.3 Å². The summed E-state index contributed by atoms with van der Waals surface area (Å²) in [5.74, 6) is -2.68. The summed E-state index contributed by atoms with van der Waals surface area (Å²) < 4.78 is 4.46. The molecule has 0 unspecified atom stereocenters. The molecule has 9 nitrogen and oxygen atoms in total. The van der Waals surface area contributed by atoms with E-state index in [0.717, 1.165) is 0 Å². The van der Waals surface area contributed by atoms with E-state index in [-0.39, 0.29) is 46.5 Å². The monoisotopic (exact) mass is 382 g/mol. The van der Waals surface area contributed by atoms with Crippen molar-refractivity contribution >= 4 is 34.8 Å². The fourth-order valence-electron chi connectivity index (χ4n) is 2.98. The van der Waals surface area contributed by atoms with Gasteiger partial charge in [-0.1, -0.05) is 12.1 Å². The van der Waals surface area contributed by atoms with Crippen LogP contribution in [0, 0.1) is 10.1 Å². The van der Waals surface area contributed by atoms with Crippen LogP contribution in [0.15, 0.2) is 36.4 Å². The van der Waals surface area contributed by atoms with E-state index in [0.29, 0.717) is 0 Å². The summed E-state index contributed by atoms with van der Waals surface area (Å²) in [5.41, 5.74) is 0.223. The molecule has 0 atom stereocenters. The summed E-state index contributed by atoms with van der Waals surface area (Å²) in [7, 11) is 1.21. The van der Waals surface area contributed by atoms with E-state index < -0.39 is 28.4 Å². The highest BCUT2D eigenvalue weighted by atomic mass is 16.6. The normalized spacial score (nSPS) is 12.0. The van der Waals surface area contributed by atoms with Crippen LogP contribution in [0.2, 0.25) is 0 Å². The molecular formula is C19H14N2O7. The average Bonchev–Trinajstić information content (AvgIpc) is 2.69. The van der Waals surface area contributed by atoms with Gasteiger partial charge in [-0.15, -0.1) is 0 Å². The summed E-state index contributed by atoms with van der Waals surface area (Å²) in [6.45, 7) is 0. The van der Waals surface area contributed by atoms with Crippen molar-refractivity contribution in [2.24, 2.45) is 0 Å². The van der Waals surface area contributed by atoms with Gasteiger partial charge in [-0.2, -0.15) is 0 Å². The molecule has 142 valence electrons. The van der Waals surface area contributed by atoms with E-state index >= 15 is 0 Å². The molecule has 1 aliphatic carbocycles. The van der Waals surface area contributed by atoms with Crippen LogP contribution < -0.4 is 5.32 Å². The zero-order valence-corrected chi connectivity index (χ0v) is 14.7. The molecule has 0 spiro atoms. The number of ketones is 2. The number of rotatable bonds is 5. The first kappa shape index (κ1) is 18.9. The van der Waals surface area contributed by atoms with E-state index in [4.69, 9.17) is 0 Å². The Kier molecular flexibility index (Phi) is 4.99. The average molecular weight is 382 g/mol. The molecule has 0 saturated carbocycles. The number of hydrogen-bond donors (Lipinski definition) is 1. The molecule has 0 aromatic heterocycles. The third-order valence-corrected chi connectivity index (χ3v) is 4.29. The van der Waals surface area contributed by atoms with Crippen LogP contribution in [-0.4, -0.2) is 35.5 Å². The van der Waals surface area contributed by atoms with E-state index in [1.807, 2.05) is 0 Å². The summed E-state index contributed by atoms with van der Waals surface area (Å²) in [6.07, 6.45) is -0.227. The molecule has 28 heavy (non-hydrogen) atoms. The minimum atomic E-state index is -0.847. The van der Waals surface area contributed by atoms with Crippen molar-refractivity contribution in [3.63, 3.8) is 0 Å². The maximum absolute atomic E-state index is 12.5. The van der Waals surface area contributed by atoms with Gasteiger partial charge in [0.15, 0.2) is 0 Å². The molecule has 9 heteroatoms. The molecule has 2 aromatic carbocycles. The lowest BCUT2D eigenvalue weighted by molar-refractivity contribution is -0.384.